The maximum Gasteiger partial charge on any atom is 0.406 e. The number of hydrogen-bond acceptors (Lipinski definition) is 3. The highest BCUT2D eigenvalue weighted by molar-refractivity contribution is 5.81. The normalized spacial score (nSPS) is 13.2. The molecule has 0 saturated heterocycles. The van der Waals surface area contributed by atoms with Gasteiger partial charge in [0, 0.05) is 0 Å². The predicted octanol–water partition coefficient (Wildman–Crippen LogP) is 2.69. The molecule has 0 aliphatic heterocycles. The molecule has 4 nitrogen and oxygen atoms in total. The molecule has 1 aromatic heterocycles. The largest absolute Gasteiger partial charge is 0.467 e. The summed E-state index contributed by atoms with van der Waals surface area (Å²) in [4.78, 5) is 12.7. The molecule has 0 fully saturated rings. The Morgan fingerprint density at radius 2 is 2.20 bits per heavy atom. The molecule has 20 heavy (non-hydrogen) atoms. The minimum Gasteiger partial charge on any atom is -0.467 e. The third-order valence-corrected chi connectivity index (χ3v) is 2.79. The fourth-order valence-electron chi connectivity index (χ4n) is 1.80. The molecule has 1 atom stereocenters. The molecule has 0 saturated carbocycles. The van der Waals surface area contributed by atoms with E-state index in [2.05, 4.69) is 0 Å². The molecule has 1 heterocycles. The van der Waals surface area contributed by atoms with Crippen molar-refractivity contribution in [2.75, 3.05) is 6.54 Å². The second kappa shape index (κ2) is 7.33. The zero-order valence-corrected chi connectivity index (χ0v) is 11.3. The van der Waals surface area contributed by atoms with Gasteiger partial charge in [-0.25, -0.2) is 0 Å². The highest BCUT2D eigenvalue weighted by Crippen LogP contribution is 2.19. The second-order valence-corrected chi connectivity index (χ2v) is 4.64. The monoisotopic (exact) mass is 292 g/mol. The van der Waals surface area contributed by atoms with Crippen LogP contribution in [0.15, 0.2) is 22.8 Å². The van der Waals surface area contributed by atoms with Crippen LogP contribution in [0.3, 0.4) is 0 Å². The first-order chi connectivity index (χ1) is 9.33. The number of amides is 1. The number of carbonyl (C=O) groups is 1. The molecule has 7 heteroatoms. The Morgan fingerprint density at radius 1 is 1.50 bits per heavy atom. The number of carbonyl (C=O) groups excluding carboxylic acids is 1. The fraction of sp³-hybridized carbons (Fsp3) is 0.615. The van der Waals surface area contributed by atoms with Crippen LogP contribution in [0.1, 0.15) is 31.9 Å². The van der Waals surface area contributed by atoms with Crippen molar-refractivity contribution in [3.8, 4) is 0 Å². The van der Waals surface area contributed by atoms with Gasteiger partial charge in [-0.2, -0.15) is 13.2 Å². The van der Waals surface area contributed by atoms with E-state index in [1.165, 1.54) is 12.3 Å². The van der Waals surface area contributed by atoms with Crippen LogP contribution >= 0.6 is 0 Å². The Balaban J connectivity index is 2.73. The van der Waals surface area contributed by atoms with Crippen LogP contribution in [0.5, 0.6) is 0 Å². The van der Waals surface area contributed by atoms with Crippen LogP contribution in [0.2, 0.25) is 0 Å². The van der Waals surface area contributed by atoms with Gasteiger partial charge in [0.05, 0.1) is 18.8 Å². The van der Waals surface area contributed by atoms with Gasteiger partial charge in [0.2, 0.25) is 5.91 Å². The fourth-order valence-corrected chi connectivity index (χ4v) is 1.80. The van der Waals surface area contributed by atoms with Crippen molar-refractivity contribution in [1.82, 2.24) is 4.90 Å². The van der Waals surface area contributed by atoms with E-state index in [1.54, 1.807) is 6.07 Å². The summed E-state index contributed by atoms with van der Waals surface area (Å²) in [6.45, 7) is 0.366. The van der Waals surface area contributed by atoms with Crippen molar-refractivity contribution in [2.45, 2.75) is 44.9 Å². The third-order valence-electron chi connectivity index (χ3n) is 2.79. The lowest BCUT2D eigenvalue weighted by Gasteiger charge is -2.25. The minimum atomic E-state index is -4.47. The van der Waals surface area contributed by atoms with Crippen molar-refractivity contribution in [1.29, 1.82) is 0 Å². The summed E-state index contributed by atoms with van der Waals surface area (Å²) in [6.07, 6.45) is -1.21. The molecule has 0 aliphatic rings. The average Bonchev–Trinajstić information content (AvgIpc) is 2.85. The summed E-state index contributed by atoms with van der Waals surface area (Å²) in [5.74, 6) is -0.405. The Bertz CT molecular complexity index is 404. The van der Waals surface area contributed by atoms with E-state index in [0.717, 1.165) is 6.42 Å². The van der Waals surface area contributed by atoms with Crippen molar-refractivity contribution >= 4 is 5.91 Å². The number of nitrogens with two attached hydrogens (primary N) is 1. The number of nitrogens with zero attached hydrogens (tertiary/aromatic N) is 1. The lowest BCUT2D eigenvalue weighted by molar-refractivity contribution is -0.163. The van der Waals surface area contributed by atoms with Crippen LogP contribution < -0.4 is 5.73 Å². The Morgan fingerprint density at radius 3 is 2.70 bits per heavy atom. The van der Waals surface area contributed by atoms with Gasteiger partial charge in [-0.05, 0) is 18.6 Å². The van der Waals surface area contributed by atoms with Crippen LogP contribution in [-0.2, 0) is 11.3 Å². The van der Waals surface area contributed by atoms with Gasteiger partial charge in [-0.1, -0.05) is 19.8 Å². The molecule has 1 amide bonds. The highest BCUT2D eigenvalue weighted by Gasteiger charge is 2.34. The molecule has 1 aromatic rings. The summed E-state index contributed by atoms with van der Waals surface area (Å²) in [5.41, 5.74) is 5.66. The van der Waals surface area contributed by atoms with Gasteiger partial charge < -0.3 is 15.1 Å². The van der Waals surface area contributed by atoms with Crippen molar-refractivity contribution in [3.63, 3.8) is 0 Å². The third kappa shape index (κ3) is 5.64. The van der Waals surface area contributed by atoms with E-state index in [4.69, 9.17) is 10.2 Å². The van der Waals surface area contributed by atoms with Gasteiger partial charge in [0.15, 0.2) is 0 Å². The zero-order valence-electron chi connectivity index (χ0n) is 11.3. The number of alkyl halides is 3. The number of hydrogen-bond donors (Lipinski definition) is 1. The first kappa shape index (κ1) is 16.6. The number of halogens is 3. The number of rotatable bonds is 7. The van der Waals surface area contributed by atoms with Gasteiger partial charge in [-0.15, -0.1) is 0 Å². The van der Waals surface area contributed by atoms with Gasteiger partial charge >= 0.3 is 6.18 Å². The molecule has 0 spiro atoms. The zero-order chi connectivity index (χ0) is 15.2. The lowest BCUT2D eigenvalue weighted by atomic mass is 10.1. The van der Waals surface area contributed by atoms with Crippen molar-refractivity contribution < 1.29 is 22.4 Å². The molecule has 114 valence electrons. The SMILES string of the molecule is CCCCC(N)C(=O)N(Cc1ccco1)CC(F)(F)F. The maximum absolute atomic E-state index is 12.5. The molecule has 1 unspecified atom stereocenters. The van der Waals surface area contributed by atoms with Crippen LogP contribution in [0.25, 0.3) is 0 Å². The molecule has 0 bridgehead atoms. The second-order valence-electron chi connectivity index (χ2n) is 4.64. The molecule has 2 N–H and O–H groups in total. The molecule has 0 aromatic carbocycles. The topological polar surface area (TPSA) is 59.5 Å². The molecular formula is C13H19F3N2O2. The Kier molecular flexibility index (Phi) is 6.06. The van der Waals surface area contributed by atoms with E-state index in [-0.39, 0.29) is 6.54 Å². The lowest BCUT2D eigenvalue weighted by Crippen LogP contribution is -2.47. The number of unbranched alkanes of at least 4 members (excludes halogenated alkanes) is 1. The predicted molar refractivity (Wildman–Crippen MR) is 67.7 cm³/mol. The molecule has 0 radical (unpaired) electrons. The standard InChI is InChI=1S/C13H19F3N2O2/c1-2-3-6-11(17)12(19)18(9-13(14,15)16)8-10-5-4-7-20-10/h4-5,7,11H,2-3,6,8-9,17H2,1H3. The van der Waals surface area contributed by atoms with Crippen LogP contribution in [0, 0.1) is 0 Å². The van der Waals surface area contributed by atoms with E-state index in [1.807, 2.05) is 6.92 Å². The van der Waals surface area contributed by atoms with E-state index < -0.39 is 24.7 Å². The van der Waals surface area contributed by atoms with Gasteiger partial charge in [0.25, 0.3) is 0 Å². The summed E-state index contributed by atoms with van der Waals surface area (Å²) >= 11 is 0. The van der Waals surface area contributed by atoms with Crippen LogP contribution in [0.4, 0.5) is 13.2 Å². The van der Waals surface area contributed by atoms with E-state index >= 15 is 0 Å². The summed E-state index contributed by atoms with van der Waals surface area (Å²) in [7, 11) is 0. The molecular weight excluding hydrogens is 273 g/mol. The summed E-state index contributed by atoms with van der Waals surface area (Å²) < 4.78 is 42.6. The van der Waals surface area contributed by atoms with E-state index in [9.17, 15) is 18.0 Å². The van der Waals surface area contributed by atoms with Crippen molar-refractivity contribution in [3.05, 3.63) is 24.2 Å². The average molecular weight is 292 g/mol. The smallest absolute Gasteiger partial charge is 0.406 e. The molecule has 0 aliphatic carbocycles. The summed E-state index contributed by atoms with van der Waals surface area (Å²) in [6, 6.07) is 2.17. The van der Waals surface area contributed by atoms with Gasteiger partial charge in [0.1, 0.15) is 12.3 Å². The maximum atomic E-state index is 12.5. The highest BCUT2D eigenvalue weighted by atomic mass is 19.4. The van der Waals surface area contributed by atoms with Gasteiger partial charge in [-0.3, -0.25) is 4.79 Å². The quantitative estimate of drug-likeness (QED) is 0.840. The Hall–Kier alpha value is -1.50. The first-order valence-corrected chi connectivity index (χ1v) is 6.47. The van der Waals surface area contributed by atoms with Crippen LogP contribution in [-0.4, -0.2) is 29.6 Å². The summed E-state index contributed by atoms with van der Waals surface area (Å²) in [5, 5.41) is 0. The Labute approximate surface area is 115 Å². The first-order valence-electron chi connectivity index (χ1n) is 6.47. The van der Waals surface area contributed by atoms with Crippen molar-refractivity contribution in [2.24, 2.45) is 5.73 Å². The van der Waals surface area contributed by atoms with E-state index in [0.29, 0.717) is 23.5 Å². The minimum absolute atomic E-state index is 0.231. The number of furan rings is 1. The molecule has 1 rings (SSSR count).